The lowest BCUT2D eigenvalue weighted by Crippen LogP contribution is -2.04. The molecular formula is C6H7N3O2. The second kappa shape index (κ2) is 3.05. The van der Waals surface area contributed by atoms with Gasteiger partial charge < -0.3 is 5.11 Å². The maximum atomic E-state index is 10.2. The van der Waals surface area contributed by atoms with Crippen LogP contribution in [0.15, 0.2) is 6.20 Å². The van der Waals surface area contributed by atoms with E-state index >= 15 is 0 Å². The molecule has 0 unspecified atom stereocenters. The van der Waals surface area contributed by atoms with Crippen LogP contribution in [0.1, 0.15) is 11.5 Å². The molecule has 58 valence electrons. The van der Waals surface area contributed by atoms with E-state index in [1.54, 1.807) is 6.92 Å². The van der Waals surface area contributed by atoms with Crippen LogP contribution < -0.4 is 0 Å². The van der Waals surface area contributed by atoms with Crippen LogP contribution in [-0.2, 0) is 11.2 Å². The molecule has 1 rings (SSSR count). The fraction of sp³-hybridized carbons (Fsp3) is 0.333. The van der Waals surface area contributed by atoms with E-state index in [-0.39, 0.29) is 6.42 Å². The van der Waals surface area contributed by atoms with Crippen molar-refractivity contribution in [3.63, 3.8) is 0 Å². The number of rotatable bonds is 2. The fourth-order valence-electron chi connectivity index (χ4n) is 0.592. The van der Waals surface area contributed by atoms with Crippen molar-refractivity contribution >= 4 is 5.97 Å². The molecule has 5 heteroatoms. The predicted octanol–water partition coefficient (Wildman–Crippen LogP) is -0.193. The molecule has 0 aromatic carbocycles. The van der Waals surface area contributed by atoms with E-state index in [0.29, 0.717) is 11.5 Å². The average Bonchev–Trinajstić information content (AvgIpc) is 1.93. The smallest absolute Gasteiger partial charge is 0.309 e. The number of carboxylic acids is 1. The van der Waals surface area contributed by atoms with Gasteiger partial charge in [-0.05, 0) is 6.92 Å². The molecule has 1 aromatic rings. The highest BCUT2D eigenvalue weighted by Gasteiger charge is 2.01. The summed E-state index contributed by atoms with van der Waals surface area (Å²) in [5.41, 5.74) is 0.378. The van der Waals surface area contributed by atoms with Crippen LogP contribution in [0.25, 0.3) is 0 Å². The molecule has 0 amide bonds. The molecule has 0 saturated carbocycles. The lowest BCUT2D eigenvalue weighted by atomic mass is 10.3. The number of hydrogen-bond acceptors (Lipinski definition) is 4. The number of carbonyl (C=O) groups is 1. The van der Waals surface area contributed by atoms with Crippen LogP contribution in [0.4, 0.5) is 0 Å². The Kier molecular flexibility index (Phi) is 2.10. The molecule has 11 heavy (non-hydrogen) atoms. The molecule has 0 spiro atoms. The predicted molar refractivity (Wildman–Crippen MR) is 35.9 cm³/mol. The van der Waals surface area contributed by atoms with Crippen molar-refractivity contribution < 1.29 is 9.90 Å². The van der Waals surface area contributed by atoms with E-state index in [2.05, 4.69) is 15.2 Å². The molecule has 0 bridgehead atoms. The molecule has 0 radical (unpaired) electrons. The molecule has 5 nitrogen and oxygen atoms in total. The Morgan fingerprint density at radius 1 is 1.64 bits per heavy atom. The summed E-state index contributed by atoms with van der Waals surface area (Å²) in [5.74, 6) is -0.385. The van der Waals surface area contributed by atoms with Crippen molar-refractivity contribution in [2.24, 2.45) is 0 Å². The Morgan fingerprint density at radius 3 is 2.82 bits per heavy atom. The third-order valence-corrected chi connectivity index (χ3v) is 1.06. The van der Waals surface area contributed by atoms with E-state index in [9.17, 15) is 4.79 Å². The number of aliphatic carboxylic acids is 1. The zero-order chi connectivity index (χ0) is 8.27. The van der Waals surface area contributed by atoms with Gasteiger partial charge in [0.1, 0.15) is 5.82 Å². The fourth-order valence-corrected chi connectivity index (χ4v) is 0.592. The van der Waals surface area contributed by atoms with Crippen LogP contribution in [0, 0.1) is 6.92 Å². The van der Waals surface area contributed by atoms with Gasteiger partial charge in [0.05, 0.1) is 18.3 Å². The van der Waals surface area contributed by atoms with Gasteiger partial charge in [0.2, 0.25) is 0 Å². The summed E-state index contributed by atoms with van der Waals surface area (Å²) < 4.78 is 0. The van der Waals surface area contributed by atoms with E-state index in [4.69, 9.17) is 5.11 Å². The molecule has 0 aliphatic carbocycles. The number of hydrogen-bond donors (Lipinski definition) is 1. The summed E-state index contributed by atoms with van der Waals surface area (Å²) >= 11 is 0. The van der Waals surface area contributed by atoms with Crippen molar-refractivity contribution in [3.05, 3.63) is 17.7 Å². The molecule has 1 heterocycles. The second-order valence-electron chi connectivity index (χ2n) is 2.07. The normalized spacial score (nSPS) is 9.55. The summed E-state index contributed by atoms with van der Waals surface area (Å²) in [6, 6.07) is 0. The standard InChI is InChI=1S/C6H7N3O2/c1-4-7-3-5(9-8-4)2-6(10)11/h3H,2H2,1H3,(H,10,11). The number of aryl methyl sites for hydroxylation is 1. The zero-order valence-corrected chi connectivity index (χ0v) is 5.98. The SMILES string of the molecule is Cc1ncc(CC(=O)O)nn1. The van der Waals surface area contributed by atoms with Gasteiger partial charge in [0.15, 0.2) is 0 Å². The lowest BCUT2D eigenvalue weighted by Gasteiger charge is -1.93. The van der Waals surface area contributed by atoms with E-state index in [1.165, 1.54) is 6.20 Å². The Morgan fingerprint density at radius 2 is 2.36 bits per heavy atom. The lowest BCUT2D eigenvalue weighted by molar-refractivity contribution is -0.136. The highest BCUT2D eigenvalue weighted by Crippen LogP contribution is 1.91. The molecule has 0 fully saturated rings. The summed E-state index contributed by atoms with van der Waals surface area (Å²) in [6.45, 7) is 1.69. The second-order valence-corrected chi connectivity index (χ2v) is 2.07. The van der Waals surface area contributed by atoms with Gasteiger partial charge in [-0.3, -0.25) is 4.79 Å². The molecule has 1 N–H and O–H groups in total. The summed E-state index contributed by atoms with van der Waals surface area (Å²) in [4.78, 5) is 14.0. The maximum absolute atomic E-state index is 10.2. The van der Waals surface area contributed by atoms with Crippen molar-refractivity contribution in [3.8, 4) is 0 Å². The first-order chi connectivity index (χ1) is 5.18. The van der Waals surface area contributed by atoms with E-state index in [0.717, 1.165) is 0 Å². The van der Waals surface area contributed by atoms with Crippen LogP contribution >= 0.6 is 0 Å². The minimum Gasteiger partial charge on any atom is -0.481 e. The molecule has 0 saturated heterocycles. The Hall–Kier alpha value is -1.52. The first-order valence-corrected chi connectivity index (χ1v) is 3.05. The number of carboxylic acid groups (broad SMARTS) is 1. The minimum atomic E-state index is -0.926. The highest BCUT2D eigenvalue weighted by molar-refractivity contribution is 5.69. The number of nitrogens with zero attached hydrogens (tertiary/aromatic N) is 3. The molecule has 1 aromatic heterocycles. The van der Waals surface area contributed by atoms with E-state index < -0.39 is 5.97 Å². The zero-order valence-electron chi connectivity index (χ0n) is 5.98. The summed E-state index contributed by atoms with van der Waals surface area (Å²) in [6.07, 6.45) is 1.29. The van der Waals surface area contributed by atoms with Gasteiger partial charge in [-0.2, -0.15) is 5.10 Å². The van der Waals surface area contributed by atoms with Crippen LogP contribution in [0.5, 0.6) is 0 Å². The maximum Gasteiger partial charge on any atom is 0.309 e. The Labute approximate surface area is 63.1 Å². The molecule has 0 aliphatic heterocycles. The monoisotopic (exact) mass is 153 g/mol. The van der Waals surface area contributed by atoms with Gasteiger partial charge in [-0.1, -0.05) is 0 Å². The Balaban J connectivity index is 2.74. The van der Waals surface area contributed by atoms with Crippen molar-refractivity contribution in [1.29, 1.82) is 0 Å². The van der Waals surface area contributed by atoms with Gasteiger partial charge in [-0.25, -0.2) is 4.98 Å². The first kappa shape index (κ1) is 7.59. The summed E-state index contributed by atoms with van der Waals surface area (Å²) in [7, 11) is 0. The molecular weight excluding hydrogens is 146 g/mol. The van der Waals surface area contributed by atoms with Gasteiger partial charge in [-0.15, -0.1) is 5.10 Å². The molecule has 0 atom stereocenters. The van der Waals surface area contributed by atoms with Crippen molar-refractivity contribution in [2.75, 3.05) is 0 Å². The van der Waals surface area contributed by atoms with Crippen LogP contribution in [0.3, 0.4) is 0 Å². The third kappa shape index (κ3) is 2.29. The first-order valence-electron chi connectivity index (χ1n) is 3.05. The quantitative estimate of drug-likeness (QED) is 0.637. The highest BCUT2D eigenvalue weighted by atomic mass is 16.4. The van der Waals surface area contributed by atoms with Crippen LogP contribution in [-0.4, -0.2) is 26.3 Å². The Bertz CT molecular complexity index is 257. The number of aromatic nitrogens is 3. The third-order valence-electron chi connectivity index (χ3n) is 1.06. The summed E-state index contributed by atoms with van der Waals surface area (Å²) in [5, 5.41) is 15.6. The topological polar surface area (TPSA) is 76.0 Å². The van der Waals surface area contributed by atoms with Gasteiger partial charge >= 0.3 is 5.97 Å². The van der Waals surface area contributed by atoms with Crippen LogP contribution in [0.2, 0.25) is 0 Å². The van der Waals surface area contributed by atoms with Crippen molar-refractivity contribution in [2.45, 2.75) is 13.3 Å². The average molecular weight is 153 g/mol. The molecule has 0 aliphatic rings. The van der Waals surface area contributed by atoms with E-state index in [1.807, 2.05) is 0 Å². The largest absolute Gasteiger partial charge is 0.481 e. The van der Waals surface area contributed by atoms with Gasteiger partial charge in [0, 0.05) is 0 Å². The van der Waals surface area contributed by atoms with Gasteiger partial charge in [0.25, 0.3) is 0 Å². The minimum absolute atomic E-state index is 0.125. The van der Waals surface area contributed by atoms with Crippen molar-refractivity contribution in [1.82, 2.24) is 15.2 Å².